The van der Waals surface area contributed by atoms with Gasteiger partial charge in [0, 0.05) is 6.20 Å². The number of furan rings is 1. The number of carboxylic acid groups (broad SMARTS) is 1. The number of aliphatic carboxylic acids is 1. The smallest absolute Gasteiger partial charge is 0.330 e. The third kappa shape index (κ3) is 2.91. The lowest BCUT2D eigenvalue weighted by molar-refractivity contribution is -0.139. The van der Waals surface area contributed by atoms with Gasteiger partial charge < -0.3 is 19.6 Å². The van der Waals surface area contributed by atoms with Crippen LogP contribution >= 0.6 is 0 Å². The van der Waals surface area contributed by atoms with E-state index in [0.29, 0.717) is 22.3 Å². The number of carboxylic acids is 1. The number of carbonyl (C=O) groups excluding carboxylic acids is 1. The van der Waals surface area contributed by atoms with Crippen molar-refractivity contribution in [3.8, 4) is 5.75 Å². The Morgan fingerprint density at radius 1 is 1.29 bits per heavy atom. The highest BCUT2D eigenvalue weighted by Crippen LogP contribution is 2.22. The van der Waals surface area contributed by atoms with Gasteiger partial charge in [-0.1, -0.05) is 12.1 Å². The van der Waals surface area contributed by atoms with Crippen LogP contribution in [0.3, 0.4) is 0 Å². The molecule has 0 spiro atoms. The molecule has 3 rings (SSSR count). The Bertz CT molecular complexity index is 903. The highest BCUT2D eigenvalue weighted by Gasteiger charge is 2.24. The van der Waals surface area contributed by atoms with E-state index in [1.54, 1.807) is 36.4 Å². The molecule has 0 bridgehead atoms. The van der Waals surface area contributed by atoms with Gasteiger partial charge in [-0.05, 0) is 29.8 Å². The van der Waals surface area contributed by atoms with Gasteiger partial charge in [0.05, 0.1) is 18.8 Å². The number of nitrogens with zero attached hydrogens (tertiary/aromatic N) is 1. The second-order valence-corrected chi connectivity index (χ2v) is 5.01. The standard InChI is InChI=1S/C17H14N2O5/c1-23-11-4-2-3-10(9-11)14(17(21)22)19-16(20)15-12-6-8-24-13(12)5-7-18-15/h2-9,14H,1H3,(H,19,20)(H,21,22). The third-order valence-electron chi connectivity index (χ3n) is 3.54. The van der Waals surface area contributed by atoms with Crippen molar-refractivity contribution in [3.63, 3.8) is 0 Å². The molecule has 3 aromatic rings. The first-order valence-corrected chi connectivity index (χ1v) is 7.10. The Kier molecular flexibility index (Phi) is 4.15. The largest absolute Gasteiger partial charge is 0.497 e. The summed E-state index contributed by atoms with van der Waals surface area (Å²) in [6.45, 7) is 0. The summed E-state index contributed by atoms with van der Waals surface area (Å²) < 4.78 is 10.3. The number of benzene rings is 1. The van der Waals surface area contributed by atoms with Crippen LogP contribution < -0.4 is 10.1 Å². The van der Waals surface area contributed by atoms with Crippen molar-refractivity contribution in [1.29, 1.82) is 0 Å². The minimum absolute atomic E-state index is 0.107. The molecule has 0 aliphatic rings. The van der Waals surface area contributed by atoms with Gasteiger partial charge in [0.2, 0.25) is 0 Å². The second kappa shape index (κ2) is 6.41. The van der Waals surface area contributed by atoms with Crippen molar-refractivity contribution >= 4 is 22.8 Å². The lowest BCUT2D eigenvalue weighted by Crippen LogP contribution is -2.34. The third-order valence-corrected chi connectivity index (χ3v) is 3.54. The van der Waals surface area contributed by atoms with Crippen LogP contribution in [-0.2, 0) is 4.79 Å². The topological polar surface area (TPSA) is 102 Å². The summed E-state index contributed by atoms with van der Waals surface area (Å²) in [5.41, 5.74) is 1.01. The van der Waals surface area contributed by atoms with Gasteiger partial charge in [-0.25, -0.2) is 4.79 Å². The summed E-state index contributed by atoms with van der Waals surface area (Å²) in [6.07, 6.45) is 2.88. The summed E-state index contributed by atoms with van der Waals surface area (Å²) >= 11 is 0. The molecule has 1 atom stereocenters. The van der Waals surface area contributed by atoms with Crippen LogP contribution in [0, 0.1) is 0 Å². The Morgan fingerprint density at radius 3 is 2.88 bits per heavy atom. The lowest BCUT2D eigenvalue weighted by Gasteiger charge is -2.15. The summed E-state index contributed by atoms with van der Waals surface area (Å²) in [5.74, 6) is -1.28. The minimum atomic E-state index is -1.23. The fourth-order valence-corrected chi connectivity index (χ4v) is 2.38. The van der Waals surface area contributed by atoms with Gasteiger partial charge in [0.1, 0.15) is 17.0 Å². The summed E-state index contributed by atoms with van der Waals surface area (Å²) in [5, 5.41) is 12.5. The molecule has 7 heteroatoms. The molecule has 122 valence electrons. The van der Waals surface area contributed by atoms with Crippen LogP contribution in [0.15, 0.2) is 53.3 Å². The molecular weight excluding hydrogens is 312 g/mol. The summed E-state index contributed by atoms with van der Waals surface area (Å²) in [4.78, 5) is 28.1. The second-order valence-electron chi connectivity index (χ2n) is 5.01. The maximum atomic E-state index is 12.5. The highest BCUT2D eigenvalue weighted by molar-refractivity contribution is 6.05. The molecular formula is C17H14N2O5. The number of carbonyl (C=O) groups is 2. The first kappa shape index (κ1) is 15.5. The number of hydrogen-bond donors (Lipinski definition) is 2. The Hall–Kier alpha value is -3.35. The van der Waals surface area contributed by atoms with E-state index in [9.17, 15) is 14.7 Å². The molecule has 0 fully saturated rings. The molecule has 1 aromatic carbocycles. The average Bonchev–Trinajstić information content (AvgIpc) is 3.07. The van der Waals surface area contributed by atoms with Crippen molar-refractivity contribution in [2.24, 2.45) is 0 Å². The zero-order valence-corrected chi connectivity index (χ0v) is 12.7. The number of amides is 1. The lowest BCUT2D eigenvalue weighted by atomic mass is 10.1. The molecule has 1 unspecified atom stereocenters. The quantitative estimate of drug-likeness (QED) is 0.746. The number of nitrogens with one attached hydrogen (secondary N) is 1. The molecule has 2 N–H and O–H groups in total. The SMILES string of the molecule is COc1cccc(C(NC(=O)c2nccc3occc23)C(=O)O)c1. The number of hydrogen-bond acceptors (Lipinski definition) is 5. The number of methoxy groups -OCH3 is 1. The molecule has 1 amide bonds. The predicted octanol–water partition coefficient (Wildman–Crippen LogP) is 2.39. The van der Waals surface area contributed by atoms with Crippen molar-refractivity contribution in [2.75, 3.05) is 7.11 Å². The van der Waals surface area contributed by atoms with Crippen molar-refractivity contribution in [2.45, 2.75) is 6.04 Å². The van der Waals surface area contributed by atoms with E-state index in [2.05, 4.69) is 10.3 Å². The van der Waals surface area contributed by atoms with Crippen LogP contribution in [0.1, 0.15) is 22.1 Å². The average molecular weight is 326 g/mol. The predicted molar refractivity (Wildman–Crippen MR) is 84.8 cm³/mol. The number of pyridine rings is 1. The van der Waals surface area contributed by atoms with Crippen LogP contribution in [0.5, 0.6) is 5.75 Å². The fraction of sp³-hybridized carbons (Fsp3) is 0.118. The van der Waals surface area contributed by atoms with Gasteiger partial charge in [-0.15, -0.1) is 0 Å². The van der Waals surface area contributed by atoms with E-state index in [1.165, 1.54) is 19.6 Å². The molecule has 0 radical (unpaired) electrons. The van der Waals surface area contributed by atoms with E-state index < -0.39 is 17.9 Å². The van der Waals surface area contributed by atoms with Gasteiger partial charge in [-0.3, -0.25) is 9.78 Å². The van der Waals surface area contributed by atoms with Gasteiger partial charge >= 0.3 is 5.97 Å². The normalized spacial score (nSPS) is 11.9. The highest BCUT2D eigenvalue weighted by atomic mass is 16.5. The van der Waals surface area contributed by atoms with Crippen LogP contribution in [0.4, 0.5) is 0 Å². The van der Waals surface area contributed by atoms with Crippen LogP contribution in [-0.4, -0.2) is 29.1 Å². The Morgan fingerprint density at radius 2 is 2.12 bits per heavy atom. The summed E-state index contributed by atoms with van der Waals surface area (Å²) in [7, 11) is 1.48. The van der Waals surface area contributed by atoms with E-state index in [1.807, 2.05) is 0 Å². The monoisotopic (exact) mass is 326 g/mol. The molecule has 2 heterocycles. The van der Waals surface area contributed by atoms with E-state index in [-0.39, 0.29) is 5.69 Å². The van der Waals surface area contributed by atoms with Crippen molar-refractivity contribution < 1.29 is 23.8 Å². The summed E-state index contributed by atoms with van der Waals surface area (Å²) in [6, 6.07) is 8.53. The maximum absolute atomic E-state index is 12.5. The van der Waals surface area contributed by atoms with Crippen LogP contribution in [0.25, 0.3) is 11.0 Å². The Labute approximate surface area is 136 Å². The van der Waals surface area contributed by atoms with E-state index >= 15 is 0 Å². The molecule has 0 saturated heterocycles. The molecule has 24 heavy (non-hydrogen) atoms. The number of fused-ring (bicyclic) bond motifs is 1. The molecule has 0 aliphatic heterocycles. The number of rotatable bonds is 5. The van der Waals surface area contributed by atoms with Crippen LogP contribution in [0.2, 0.25) is 0 Å². The molecule has 2 aromatic heterocycles. The molecule has 0 aliphatic carbocycles. The molecule has 0 saturated carbocycles. The van der Waals surface area contributed by atoms with Crippen molar-refractivity contribution in [3.05, 3.63) is 60.1 Å². The van der Waals surface area contributed by atoms with E-state index in [0.717, 1.165) is 0 Å². The first-order chi connectivity index (χ1) is 11.6. The number of aromatic nitrogens is 1. The van der Waals surface area contributed by atoms with Gasteiger partial charge in [-0.2, -0.15) is 0 Å². The van der Waals surface area contributed by atoms with Gasteiger partial charge in [0.25, 0.3) is 5.91 Å². The zero-order chi connectivity index (χ0) is 17.1. The first-order valence-electron chi connectivity index (χ1n) is 7.10. The molecule has 7 nitrogen and oxygen atoms in total. The number of ether oxygens (including phenoxy) is 1. The minimum Gasteiger partial charge on any atom is -0.497 e. The van der Waals surface area contributed by atoms with Gasteiger partial charge in [0.15, 0.2) is 6.04 Å². The zero-order valence-electron chi connectivity index (χ0n) is 12.7. The van der Waals surface area contributed by atoms with Crippen molar-refractivity contribution in [1.82, 2.24) is 10.3 Å². The Balaban J connectivity index is 1.92. The fourth-order valence-electron chi connectivity index (χ4n) is 2.38. The van der Waals surface area contributed by atoms with E-state index in [4.69, 9.17) is 9.15 Å². The maximum Gasteiger partial charge on any atom is 0.330 e.